The summed E-state index contributed by atoms with van der Waals surface area (Å²) in [5.41, 5.74) is 0.854. The quantitative estimate of drug-likeness (QED) is 0.671. The molecule has 2 saturated heterocycles. The topological polar surface area (TPSA) is 79.0 Å². The molecule has 5 aliphatic rings. The van der Waals surface area contributed by atoms with Gasteiger partial charge in [0.25, 0.3) is 0 Å². The Morgan fingerprint density at radius 2 is 1.91 bits per heavy atom. The summed E-state index contributed by atoms with van der Waals surface area (Å²) in [5, 5.41) is 22.0. The van der Waals surface area contributed by atoms with Crippen LogP contribution in [-0.2, 0) is 4.74 Å². The smallest absolute Gasteiger partial charge is 0.181 e. The van der Waals surface area contributed by atoms with E-state index in [0.29, 0.717) is 19.3 Å². The summed E-state index contributed by atoms with van der Waals surface area (Å²) in [6.07, 6.45) is 6.16. The van der Waals surface area contributed by atoms with Gasteiger partial charge in [0.15, 0.2) is 12.0 Å². The summed E-state index contributed by atoms with van der Waals surface area (Å²) in [6, 6.07) is 5.96. The second kappa shape index (κ2) is 6.94. The van der Waals surface area contributed by atoms with Crippen LogP contribution in [0.5, 0.6) is 0 Å². The zero-order valence-electron chi connectivity index (χ0n) is 20.7. The number of halogens is 1. The SMILES string of the molecule is CN(C)C1CC23CCC4(O2)C2CC=C(c5ccc6ncoc6c5)C2(C)CCC4(F)CC3C(O)C1O. The molecule has 2 saturated carbocycles. The molecule has 1 aromatic carbocycles. The normalized spacial score (nSPS) is 48.5. The van der Waals surface area contributed by atoms with Crippen LogP contribution in [0.25, 0.3) is 16.7 Å². The number of allylic oxidation sites excluding steroid dienone is 2. The first-order chi connectivity index (χ1) is 16.6. The van der Waals surface area contributed by atoms with Crippen molar-refractivity contribution in [2.75, 3.05) is 14.1 Å². The van der Waals surface area contributed by atoms with Gasteiger partial charge in [-0.05, 0) is 87.7 Å². The van der Waals surface area contributed by atoms with Gasteiger partial charge in [-0.15, -0.1) is 0 Å². The second-order valence-corrected chi connectivity index (χ2v) is 12.4. The Labute approximate surface area is 205 Å². The fraction of sp³-hybridized carbons (Fsp3) is 0.679. The predicted molar refractivity (Wildman–Crippen MR) is 129 cm³/mol. The fourth-order valence-corrected chi connectivity index (χ4v) is 9.03. The number of aromatic nitrogens is 1. The zero-order valence-corrected chi connectivity index (χ0v) is 20.7. The highest BCUT2D eigenvalue weighted by atomic mass is 19.1. The second-order valence-electron chi connectivity index (χ2n) is 12.4. The Bertz CT molecular complexity index is 1230. The van der Waals surface area contributed by atoms with Crippen LogP contribution < -0.4 is 0 Å². The van der Waals surface area contributed by atoms with Gasteiger partial charge in [-0.3, -0.25) is 0 Å². The van der Waals surface area contributed by atoms with Crippen LogP contribution in [0, 0.1) is 17.3 Å². The molecule has 4 fully saturated rings. The van der Waals surface area contributed by atoms with Gasteiger partial charge in [-0.25, -0.2) is 9.37 Å². The van der Waals surface area contributed by atoms with Crippen molar-refractivity contribution < 1.29 is 23.8 Å². The minimum absolute atomic E-state index is 0.0382. The molecule has 2 bridgehead atoms. The van der Waals surface area contributed by atoms with Crippen molar-refractivity contribution in [1.29, 1.82) is 0 Å². The third-order valence-electron chi connectivity index (χ3n) is 10.8. The molecule has 1 aromatic heterocycles. The summed E-state index contributed by atoms with van der Waals surface area (Å²) >= 11 is 0. The highest BCUT2D eigenvalue weighted by molar-refractivity contribution is 5.81. The molecule has 2 aliphatic heterocycles. The van der Waals surface area contributed by atoms with E-state index in [1.807, 2.05) is 25.1 Å². The van der Waals surface area contributed by atoms with Gasteiger partial charge in [0.1, 0.15) is 16.8 Å². The van der Waals surface area contributed by atoms with Crippen LogP contribution in [-0.4, -0.2) is 69.3 Å². The number of nitrogens with zero attached hydrogens (tertiary/aromatic N) is 2. The number of likely N-dealkylation sites (N-methyl/N-ethyl adjacent to an activating group) is 1. The van der Waals surface area contributed by atoms with Gasteiger partial charge in [-0.1, -0.05) is 19.1 Å². The third kappa shape index (κ3) is 2.65. The maximum absolute atomic E-state index is 17.2. The van der Waals surface area contributed by atoms with E-state index in [1.54, 1.807) is 0 Å². The molecule has 0 radical (unpaired) electrons. The lowest BCUT2D eigenvalue weighted by Gasteiger charge is -2.64. The number of rotatable bonds is 2. The molecule has 0 amide bonds. The highest BCUT2D eigenvalue weighted by Crippen LogP contribution is 2.72. The minimum atomic E-state index is -1.49. The van der Waals surface area contributed by atoms with Crippen LogP contribution in [0.1, 0.15) is 57.4 Å². The molecule has 7 rings (SSSR count). The van der Waals surface area contributed by atoms with Gasteiger partial charge < -0.3 is 24.3 Å². The fourth-order valence-electron chi connectivity index (χ4n) is 9.03. The van der Waals surface area contributed by atoms with Crippen LogP contribution in [0.4, 0.5) is 4.39 Å². The van der Waals surface area contributed by atoms with E-state index in [1.165, 1.54) is 12.0 Å². The Kier molecular flexibility index (Phi) is 4.44. The van der Waals surface area contributed by atoms with E-state index < -0.39 is 29.1 Å². The largest absolute Gasteiger partial charge is 0.443 e. The molecule has 9 unspecified atom stereocenters. The van der Waals surface area contributed by atoms with E-state index in [4.69, 9.17) is 9.15 Å². The van der Waals surface area contributed by atoms with Crippen molar-refractivity contribution in [1.82, 2.24) is 9.88 Å². The van der Waals surface area contributed by atoms with Gasteiger partial charge in [0.2, 0.25) is 0 Å². The van der Waals surface area contributed by atoms with E-state index in [-0.39, 0.29) is 29.7 Å². The van der Waals surface area contributed by atoms with Gasteiger partial charge in [0.05, 0.1) is 17.8 Å². The molecule has 6 nitrogen and oxygen atoms in total. The molecule has 2 aromatic rings. The van der Waals surface area contributed by atoms with Gasteiger partial charge in [0, 0.05) is 17.9 Å². The van der Waals surface area contributed by atoms with Crippen molar-refractivity contribution in [2.45, 2.75) is 87.0 Å². The summed E-state index contributed by atoms with van der Waals surface area (Å²) in [4.78, 5) is 6.22. The highest BCUT2D eigenvalue weighted by Gasteiger charge is 2.77. The van der Waals surface area contributed by atoms with Crippen LogP contribution in [0.3, 0.4) is 0 Å². The monoisotopic (exact) mass is 482 g/mol. The Morgan fingerprint density at radius 3 is 2.71 bits per heavy atom. The number of fused-ring (bicyclic) bond motifs is 2. The van der Waals surface area contributed by atoms with E-state index in [9.17, 15) is 10.2 Å². The molecular weight excluding hydrogens is 447 g/mol. The van der Waals surface area contributed by atoms with Crippen LogP contribution in [0.2, 0.25) is 0 Å². The average molecular weight is 483 g/mol. The minimum Gasteiger partial charge on any atom is -0.443 e. The maximum atomic E-state index is 17.2. The first kappa shape index (κ1) is 22.4. The number of ether oxygens (including phenoxy) is 1. The molecule has 9 atom stereocenters. The summed E-state index contributed by atoms with van der Waals surface area (Å²) < 4.78 is 29.8. The molecule has 3 heterocycles. The predicted octanol–water partition coefficient (Wildman–Crippen LogP) is 4.10. The molecular formula is C28H35FN2O4. The third-order valence-corrected chi connectivity index (χ3v) is 10.8. The molecule has 188 valence electrons. The number of benzene rings is 1. The lowest BCUT2D eigenvalue weighted by atomic mass is 9.51. The van der Waals surface area contributed by atoms with E-state index in [2.05, 4.69) is 30.1 Å². The maximum Gasteiger partial charge on any atom is 0.181 e. The standard InChI is InChI=1S/C28H35FN2O4/c1-25-8-10-27(29)13-18-23(32)24(33)20(31(2)3)14-26(18)9-11-28(27,35-26)22(25)7-5-17(25)16-4-6-19-21(12-16)34-15-30-19/h4-6,12,15,18,20,22-24,32-33H,7-11,13-14H2,1-3H3. The lowest BCUT2D eigenvalue weighted by molar-refractivity contribution is -0.314. The van der Waals surface area contributed by atoms with Gasteiger partial charge in [-0.2, -0.15) is 0 Å². The summed E-state index contributed by atoms with van der Waals surface area (Å²) in [5.74, 6) is -0.335. The van der Waals surface area contributed by atoms with Crippen molar-refractivity contribution in [2.24, 2.45) is 17.3 Å². The molecule has 7 heteroatoms. The van der Waals surface area contributed by atoms with Crippen molar-refractivity contribution in [3.63, 3.8) is 0 Å². The number of oxazole rings is 1. The molecule has 2 N–H and O–H groups in total. The van der Waals surface area contributed by atoms with Crippen molar-refractivity contribution >= 4 is 16.7 Å². The molecule has 3 aliphatic carbocycles. The zero-order chi connectivity index (χ0) is 24.4. The van der Waals surface area contributed by atoms with Crippen molar-refractivity contribution in [3.8, 4) is 0 Å². The van der Waals surface area contributed by atoms with Crippen LogP contribution >= 0.6 is 0 Å². The van der Waals surface area contributed by atoms with Crippen LogP contribution in [0.15, 0.2) is 35.1 Å². The lowest BCUT2D eigenvalue weighted by Crippen LogP contribution is -2.72. The Morgan fingerprint density at radius 1 is 1.09 bits per heavy atom. The number of aliphatic hydroxyl groups is 2. The van der Waals surface area contributed by atoms with Gasteiger partial charge >= 0.3 is 0 Å². The molecule has 2 spiro atoms. The van der Waals surface area contributed by atoms with Crippen molar-refractivity contribution in [3.05, 3.63) is 36.2 Å². The number of hydrogen-bond acceptors (Lipinski definition) is 6. The average Bonchev–Trinajstić information content (AvgIpc) is 3.52. The number of hydrogen-bond donors (Lipinski definition) is 2. The molecule has 35 heavy (non-hydrogen) atoms. The Hall–Kier alpha value is -1.80. The first-order valence-electron chi connectivity index (χ1n) is 13.1. The number of aliphatic hydroxyl groups excluding tert-OH is 2. The first-order valence-corrected chi connectivity index (χ1v) is 13.1. The summed E-state index contributed by atoms with van der Waals surface area (Å²) in [6.45, 7) is 2.29. The summed E-state index contributed by atoms with van der Waals surface area (Å²) in [7, 11) is 3.86. The number of alkyl halides is 1. The van der Waals surface area contributed by atoms with E-state index >= 15 is 4.39 Å². The van der Waals surface area contributed by atoms with E-state index in [0.717, 1.165) is 35.9 Å². The Balaban J connectivity index is 1.28.